The average molecular weight is 311 g/mol. The molecule has 1 heterocycles. The van der Waals surface area contributed by atoms with Gasteiger partial charge in [0.1, 0.15) is 5.58 Å². The molecule has 0 spiro atoms. The van der Waals surface area contributed by atoms with E-state index < -0.39 is 17.1 Å². The van der Waals surface area contributed by atoms with Gasteiger partial charge in [0.25, 0.3) is 0 Å². The highest BCUT2D eigenvalue weighted by Gasteiger charge is 2.16. The van der Waals surface area contributed by atoms with Gasteiger partial charge in [-0.15, -0.1) is 0 Å². The van der Waals surface area contributed by atoms with Gasteiger partial charge in [-0.2, -0.15) is 0 Å². The number of nitrogens with two attached hydrogens (primary N) is 1. The predicted molar refractivity (Wildman–Crippen MR) is 85.3 cm³/mol. The van der Waals surface area contributed by atoms with E-state index in [1.54, 1.807) is 18.2 Å². The molecule has 23 heavy (non-hydrogen) atoms. The second kappa shape index (κ2) is 5.49. The zero-order valence-electron chi connectivity index (χ0n) is 12.2. The Hall–Kier alpha value is -3.28. The van der Waals surface area contributed by atoms with E-state index in [4.69, 9.17) is 10.2 Å². The first-order chi connectivity index (χ1) is 11.0. The molecule has 3 N–H and O–H groups in total. The maximum absolute atomic E-state index is 12.2. The van der Waals surface area contributed by atoms with Gasteiger partial charge in [0, 0.05) is 17.3 Å². The molecular weight excluding hydrogens is 298 g/mol. The number of hydrogen-bond acceptors (Lipinski definition) is 6. The van der Waals surface area contributed by atoms with E-state index in [2.05, 4.69) is 4.74 Å². The number of fused-ring (bicyclic) bond motifs is 1. The number of esters is 1. The molecule has 0 atom stereocenters. The molecule has 0 saturated heterocycles. The number of methoxy groups -OCH3 is 1. The lowest BCUT2D eigenvalue weighted by atomic mass is 10.1. The summed E-state index contributed by atoms with van der Waals surface area (Å²) in [6.07, 6.45) is 0. The Kier molecular flexibility index (Phi) is 3.50. The number of rotatable bonds is 2. The van der Waals surface area contributed by atoms with Crippen LogP contribution in [0, 0.1) is 0 Å². The van der Waals surface area contributed by atoms with Crippen molar-refractivity contribution in [3.05, 3.63) is 58.3 Å². The molecule has 3 aromatic rings. The fraction of sp³-hybridized carbons (Fsp3) is 0.0588. The Morgan fingerprint density at radius 2 is 1.87 bits per heavy atom. The molecule has 3 rings (SSSR count). The highest BCUT2D eigenvalue weighted by Crippen LogP contribution is 2.30. The minimum Gasteiger partial charge on any atom is -0.502 e. The molecule has 2 aromatic carbocycles. The summed E-state index contributed by atoms with van der Waals surface area (Å²) < 4.78 is 10.2. The molecule has 0 aliphatic heterocycles. The largest absolute Gasteiger partial charge is 0.502 e. The van der Waals surface area contributed by atoms with Crippen molar-refractivity contribution in [3.8, 4) is 17.1 Å². The second-order valence-corrected chi connectivity index (χ2v) is 4.93. The third kappa shape index (κ3) is 2.50. The quantitative estimate of drug-likeness (QED) is 0.557. The minimum absolute atomic E-state index is 0.0181. The van der Waals surface area contributed by atoms with Crippen LogP contribution in [0.15, 0.2) is 51.7 Å². The number of hydrogen-bond donors (Lipinski definition) is 2. The molecule has 6 heteroatoms. The number of ether oxygens (including phenoxy) is 1. The minimum atomic E-state index is -0.543. The van der Waals surface area contributed by atoms with E-state index >= 15 is 0 Å². The fourth-order valence-electron chi connectivity index (χ4n) is 2.27. The first-order valence-corrected chi connectivity index (χ1v) is 6.75. The van der Waals surface area contributed by atoms with E-state index in [0.717, 1.165) is 0 Å². The molecule has 0 aliphatic carbocycles. The smallest absolute Gasteiger partial charge is 0.337 e. The summed E-state index contributed by atoms with van der Waals surface area (Å²) >= 11 is 0. The van der Waals surface area contributed by atoms with Gasteiger partial charge in [0.2, 0.25) is 11.2 Å². The zero-order valence-corrected chi connectivity index (χ0v) is 12.2. The van der Waals surface area contributed by atoms with Gasteiger partial charge >= 0.3 is 5.97 Å². The second-order valence-electron chi connectivity index (χ2n) is 4.93. The van der Waals surface area contributed by atoms with Crippen LogP contribution in [0.25, 0.3) is 22.3 Å². The normalized spacial score (nSPS) is 10.7. The SMILES string of the molecule is COC(=O)c1ccc(-c2oc3cc(N)ccc3c(=O)c2O)cc1. The van der Waals surface area contributed by atoms with Crippen molar-refractivity contribution in [1.82, 2.24) is 0 Å². The van der Waals surface area contributed by atoms with Crippen LogP contribution in [0.2, 0.25) is 0 Å². The van der Waals surface area contributed by atoms with Crippen molar-refractivity contribution in [3.63, 3.8) is 0 Å². The number of carbonyl (C=O) groups excluding carboxylic acids is 1. The molecule has 0 radical (unpaired) electrons. The van der Waals surface area contributed by atoms with Gasteiger partial charge in [-0.1, -0.05) is 12.1 Å². The van der Waals surface area contributed by atoms with Crippen LogP contribution in [-0.2, 0) is 4.74 Å². The molecule has 0 saturated carbocycles. The van der Waals surface area contributed by atoms with Gasteiger partial charge in [-0.25, -0.2) is 4.79 Å². The van der Waals surface area contributed by atoms with E-state index in [1.807, 2.05) is 0 Å². The lowest BCUT2D eigenvalue weighted by Crippen LogP contribution is -2.03. The van der Waals surface area contributed by atoms with Crippen molar-refractivity contribution in [2.24, 2.45) is 0 Å². The standard InChI is InChI=1S/C17H13NO5/c1-22-17(21)10-4-2-9(3-5-10)16-15(20)14(19)12-7-6-11(18)8-13(12)23-16/h2-8,20H,18H2,1H3. The summed E-state index contributed by atoms with van der Waals surface area (Å²) in [5.74, 6) is -0.953. The van der Waals surface area contributed by atoms with Crippen LogP contribution in [0.1, 0.15) is 10.4 Å². The van der Waals surface area contributed by atoms with E-state index in [-0.39, 0.29) is 16.7 Å². The Morgan fingerprint density at radius 1 is 1.17 bits per heavy atom. The first-order valence-electron chi connectivity index (χ1n) is 6.75. The van der Waals surface area contributed by atoms with Crippen LogP contribution in [0.4, 0.5) is 5.69 Å². The number of nitrogen functional groups attached to an aromatic ring is 1. The molecule has 1 aromatic heterocycles. The Balaban J connectivity index is 2.18. The Bertz CT molecular complexity index is 957. The summed E-state index contributed by atoms with van der Waals surface area (Å²) in [6.45, 7) is 0. The number of carbonyl (C=O) groups is 1. The van der Waals surface area contributed by atoms with Crippen molar-refractivity contribution >= 4 is 22.6 Å². The summed E-state index contributed by atoms with van der Waals surface area (Å²) in [4.78, 5) is 23.7. The Morgan fingerprint density at radius 3 is 2.52 bits per heavy atom. The molecular formula is C17H13NO5. The molecule has 0 amide bonds. The first kappa shape index (κ1) is 14.6. The van der Waals surface area contributed by atoms with Gasteiger partial charge in [-0.3, -0.25) is 4.79 Å². The third-order valence-corrected chi connectivity index (χ3v) is 3.46. The lowest BCUT2D eigenvalue weighted by molar-refractivity contribution is 0.0601. The van der Waals surface area contributed by atoms with Crippen LogP contribution in [0.3, 0.4) is 0 Å². The molecule has 116 valence electrons. The van der Waals surface area contributed by atoms with E-state index in [0.29, 0.717) is 16.8 Å². The van der Waals surface area contributed by atoms with E-state index in [1.165, 1.54) is 31.4 Å². The number of benzene rings is 2. The van der Waals surface area contributed by atoms with Gasteiger partial charge in [0.05, 0.1) is 18.1 Å². The summed E-state index contributed by atoms with van der Waals surface area (Å²) in [5.41, 5.74) is 6.68. The van der Waals surface area contributed by atoms with E-state index in [9.17, 15) is 14.7 Å². The third-order valence-electron chi connectivity index (χ3n) is 3.46. The van der Waals surface area contributed by atoms with Crippen LogP contribution >= 0.6 is 0 Å². The highest BCUT2D eigenvalue weighted by atomic mass is 16.5. The summed E-state index contributed by atoms with van der Waals surface area (Å²) in [6, 6.07) is 10.7. The lowest BCUT2D eigenvalue weighted by Gasteiger charge is -2.07. The molecule has 0 unspecified atom stereocenters. The van der Waals surface area contributed by atoms with Crippen molar-refractivity contribution in [2.75, 3.05) is 12.8 Å². The maximum atomic E-state index is 12.2. The molecule has 6 nitrogen and oxygen atoms in total. The van der Waals surface area contributed by atoms with Gasteiger partial charge in [-0.05, 0) is 24.3 Å². The topological polar surface area (TPSA) is 103 Å². The molecule has 0 fully saturated rings. The van der Waals surface area contributed by atoms with Crippen LogP contribution in [-0.4, -0.2) is 18.2 Å². The van der Waals surface area contributed by atoms with Crippen molar-refractivity contribution < 1.29 is 19.1 Å². The zero-order chi connectivity index (χ0) is 16.6. The number of anilines is 1. The molecule has 0 bridgehead atoms. The molecule has 0 aliphatic rings. The Labute approximate surface area is 130 Å². The number of aromatic hydroxyl groups is 1. The van der Waals surface area contributed by atoms with Crippen molar-refractivity contribution in [2.45, 2.75) is 0 Å². The average Bonchev–Trinajstić information content (AvgIpc) is 2.57. The summed E-state index contributed by atoms with van der Waals surface area (Å²) in [5, 5.41) is 10.4. The van der Waals surface area contributed by atoms with Crippen molar-refractivity contribution in [1.29, 1.82) is 0 Å². The van der Waals surface area contributed by atoms with Crippen LogP contribution in [0.5, 0.6) is 5.75 Å². The monoisotopic (exact) mass is 311 g/mol. The summed E-state index contributed by atoms with van der Waals surface area (Å²) in [7, 11) is 1.29. The fourth-order valence-corrected chi connectivity index (χ4v) is 2.27. The highest BCUT2D eigenvalue weighted by molar-refractivity contribution is 5.90. The van der Waals surface area contributed by atoms with Gasteiger partial charge < -0.3 is 20.0 Å². The maximum Gasteiger partial charge on any atom is 0.337 e. The van der Waals surface area contributed by atoms with Gasteiger partial charge in [0.15, 0.2) is 5.76 Å². The van der Waals surface area contributed by atoms with Crippen LogP contribution < -0.4 is 11.2 Å². The predicted octanol–water partition coefficient (Wildman–Crippen LogP) is 2.53.